The lowest BCUT2D eigenvalue weighted by molar-refractivity contribution is -0.142. The third-order valence-electron chi connectivity index (χ3n) is 4.32. The molecule has 0 saturated carbocycles. The standard InChI is InChI=1S/C20H26F3N3O/c1-2-3-4-5-6-10-15-26-18(19(24-25-26)20(21,22)23)17(27)14-13-16-11-8-7-9-12-16/h7-9,11-14,17,27H,2-6,10,15H2,1H3/b14-13+. The number of aliphatic hydroxyl groups excluding tert-OH is 1. The Labute approximate surface area is 157 Å². The van der Waals surface area contributed by atoms with E-state index in [2.05, 4.69) is 17.2 Å². The Balaban J connectivity index is 2.11. The second-order valence-corrected chi connectivity index (χ2v) is 6.53. The van der Waals surface area contributed by atoms with Crippen molar-refractivity contribution in [2.45, 2.75) is 64.3 Å². The van der Waals surface area contributed by atoms with Gasteiger partial charge >= 0.3 is 6.18 Å². The highest BCUT2D eigenvalue weighted by Gasteiger charge is 2.40. The third kappa shape index (κ3) is 6.50. The Hall–Kier alpha value is -2.15. The number of aromatic nitrogens is 3. The van der Waals surface area contributed by atoms with Gasteiger partial charge in [0, 0.05) is 6.54 Å². The van der Waals surface area contributed by atoms with Crippen molar-refractivity contribution < 1.29 is 18.3 Å². The van der Waals surface area contributed by atoms with Crippen LogP contribution in [0, 0.1) is 0 Å². The van der Waals surface area contributed by atoms with Gasteiger partial charge < -0.3 is 5.11 Å². The van der Waals surface area contributed by atoms with Crippen molar-refractivity contribution in [1.82, 2.24) is 15.0 Å². The maximum atomic E-state index is 13.3. The largest absolute Gasteiger partial charge is 0.437 e. The third-order valence-corrected chi connectivity index (χ3v) is 4.32. The van der Waals surface area contributed by atoms with Crippen molar-refractivity contribution in [3.05, 3.63) is 53.4 Å². The van der Waals surface area contributed by atoms with Gasteiger partial charge in [0.25, 0.3) is 0 Å². The minimum Gasteiger partial charge on any atom is -0.383 e. The van der Waals surface area contributed by atoms with Gasteiger partial charge in [0.05, 0.1) is 0 Å². The molecule has 0 radical (unpaired) electrons. The summed E-state index contributed by atoms with van der Waals surface area (Å²) in [6, 6.07) is 9.09. The number of nitrogens with zero attached hydrogens (tertiary/aromatic N) is 3. The number of hydrogen-bond donors (Lipinski definition) is 1. The molecule has 0 fully saturated rings. The summed E-state index contributed by atoms with van der Waals surface area (Å²) in [4.78, 5) is 0. The fraction of sp³-hybridized carbons (Fsp3) is 0.500. The molecular formula is C20H26F3N3O. The summed E-state index contributed by atoms with van der Waals surface area (Å²) in [5, 5.41) is 17.3. The van der Waals surface area contributed by atoms with Crippen LogP contribution in [0.25, 0.3) is 6.08 Å². The Morgan fingerprint density at radius 3 is 2.41 bits per heavy atom. The molecule has 2 aromatic rings. The van der Waals surface area contributed by atoms with E-state index in [-0.39, 0.29) is 5.69 Å². The zero-order valence-electron chi connectivity index (χ0n) is 15.5. The maximum absolute atomic E-state index is 13.3. The Morgan fingerprint density at radius 2 is 1.74 bits per heavy atom. The van der Waals surface area contributed by atoms with E-state index in [0.29, 0.717) is 13.0 Å². The minimum atomic E-state index is -4.66. The van der Waals surface area contributed by atoms with Crippen molar-refractivity contribution in [3.63, 3.8) is 0 Å². The lowest BCUT2D eigenvalue weighted by atomic mass is 10.1. The summed E-state index contributed by atoms with van der Waals surface area (Å²) in [6.45, 7) is 2.44. The summed E-state index contributed by atoms with van der Waals surface area (Å²) in [5.41, 5.74) is -0.637. The van der Waals surface area contributed by atoms with Crippen LogP contribution in [0.3, 0.4) is 0 Å². The molecule has 0 aliphatic heterocycles. The smallest absolute Gasteiger partial charge is 0.383 e. The number of benzene rings is 1. The molecule has 27 heavy (non-hydrogen) atoms. The molecule has 0 spiro atoms. The molecule has 0 saturated heterocycles. The van der Waals surface area contributed by atoms with Crippen molar-refractivity contribution >= 4 is 6.08 Å². The molecule has 1 unspecified atom stereocenters. The van der Waals surface area contributed by atoms with Gasteiger partial charge in [-0.3, -0.25) is 0 Å². The SMILES string of the molecule is CCCCCCCCn1nnc(C(F)(F)F)c1C(O)/C=C/c1ccccc1. The van der Waals surface area contributed by atoms with Crippen LogP contribution in [0.2, 0.25) is 0 Å². The van der Waals surface area contributed by atoms with Gasteiger partial charge in [-0.1, -0.05) is 80.6 Å². The first-order valence-electron chi connectivity index (χ1n) is 9.35. The first kappa shape index (κ1) is 21.2. The molecule has 2 rings (SSSR count). The van der Waals surface area contributed by atoms with E-state index >= 15 is 0 Å². The fourth-order valence-corrected chi connectivity index (χ4v) is 2.88. The maximum Gasteiger partial charge on any atom is 0.437 e. The number of rotatable bonds is 10. The molecule has 1 heterocycles. The van der Waals surface area contributed by atoms with Gasteiger partial charge in [-0.25, -0.2) is 4.68 Å². The zero-order chi connectivity index (χ0) is 19.7. The van der Waals surface area contributed by atoms with E-state index in [1.54, 1.807) is 18.2 Å². The van der Waals surface area contributed by atoms with Gasteiger partial charge in [0.1, 0.15) is 11.8 Å². The van der Waals surface area contributed by atoms with Crippen LogP contribution in [0.4, 0.5) is 13.2 Å². The van der Waals surface area contributed by atoms with Crippen molar-refractivity contribution in [1.29, 1.82) is 0 Å². The van der Waals surface area contributed by atoms with Crippen LogP contribution in [0.15, 0.2) is 36.4 Å². The van der Waals surface area contributed by atoms with E-state index in [0.717, 1.165) is 37.7 Å². The molecule has 1 atom stereocenters. The Bertz CT molecular complexity index is 711. The van der Waals surface area contributed by atoms with E-state index in [4.69, 9.17) is 0 Å². The lowest BCUT2D eigenvalue weighted by Crippen LogP contribution is -2.15. The molecule has 0 aliphatic rings. The highest BCUT2D eigenvalue weighted by molar-refractivity contribution is 5.49. The quantitative estimate of drug-likeness (QED) is 0.560. The highest BCUT2D eigenvalue weighted by atomic mass is 19.4. The number of halogens is 3. The number of aliphatic hydroxyl groups is 1. The summed E-state index contributed by atoms with van der Waals surface area (Å²) in [5.74, 6) is 0. The summed E-state index contributed by atoms with van der Waals surface area (Å²) < 4.78 is 41.0. The van der Waals surface area contributed by atoms with Gasteiger partial charge in [-0.2, -0.15) is 13.2 Å². The average molecular weight is 381 g/mol. The Morgan fingerprint density at radius 1 is 1.07 bits per heavy atom. The van der Waals surface area contributed by atoms with Crippen LogP contribution in [0.1, 0.15) is 68.5 Å². The zero-order valence-corrected chi connectivity index (χ0v) is 15.5. The van der Waals surface area contributed by atoms with E-state index in [1.165, 1.54) is 10.8 Å². The Kier molecular flexibility index (Phi) is 8.03. The van der Waals surface area contributed by atoms with Crippen molar-refractivity contribution in [2.24, 2.45) is 0 Å². The van der Waals surface area contributed by atoms with Gasteiger partial charge in [-0.15, -0.1) is 5.10 Å². The highest BCUT2D eigenvalue weighted by Crippen LogP contribution is 2.33. The van der Waals surface area contributed by atoms with E-state index < -0.39 is 18.0 Å². The molecule has 148 valence electrons. The van der Waals surface area contributed by atoms with Crippen LogP contribution in [0.5, 0.6) is 0 Å². The topological polar surface area (TPSA) is 50.9 Å². The number of aryl methyl sites for hydroxylation is 1. The molecular weight excluding hydrogens is 355 g/mol. The lowest BCUT2D eigenvalue weighted by Gasteiger charge is -2.13. The van der Waals surface area contributed by atoms with Gasteiger partial charge in [0.15, 0.2) is 5.69 Å². The molecule has 0 bridgehead atoms. The monoisotopic (exact) mass is 381 g/mol. The van der Waals surface area contributed by atoms with Crippen LogP contribution >= 0.6 is 0 Å². The van der Waals surface area contributed by atoms with Crippen molar-refractivity contribution in [2.75, 3.05) is 0 Å². The first-order chi connectivity index (χ1) is 12.9. The molecule has 7 heteroatoms. The molecule has 1 aromatic carbocycles. The van der Waals surface area contributed by atoms with Gasteiger partial charge in [-0.05, 0) is 18.1 Å². The number of hydrogen-bond acceptors (Lipinski definition) is 3. The molecule has 4 nitrogen and oxygen atoms in total. The molecule has 1 N–H and O–H groups in total. The van der Waals surface area contributed by atoms with Crippen LogP contribution in [-0.4, -0.2) is 20.1 Å². The second kappa shape index (κ2) is 10.3. The van der Waals surface area contributed by atoms with Crippen molar-refractivity contribution in [3.8, 4) is 0 Å². The van der Waals surface area contributed by atoms with Crippen LogP contribution in [-0.2, 0) is 12.7 Å². The summed E-state index contributed by atoms with van der Waals surface area (Å²) in [7, 11) is 0. The van der Waals surface area contributed by atoms with Gasteiger partial charge in [0.2, 0.25) is 0 Å². The average Bonchev–Trinajstić information content (AvgIpc) is 3.08. The summed E-state index contributed by atoms with van der Waals surface area (Å²) >= 11 is 0. The predicted octanol–water partition coefficient (Wildman–Crippen LogP) is 5.40. The second-order valence-electron chi connectivity index (χ2n) is 6.53. The number of unbranched alkanes of at least 4 members (excludes halogenated alkanes) is 5. The summed E-state index contributed by atoms with van der Waals surface area (Å²) in [6.07, 6.45) is 2.92. The molecule has 1 aromatic heterocycles. The minimum absolute atomic E-state index is 0.303. The number of alkyl halides is 3. The molecule has 0 amide bonds. The van der Waals surface area contributed by atoms with E-state index in [9.17, 15) is 18.3 Å². The predicted molar refractivity (Wildman–Crippen MR) is 98.8 cm³/mol. The normalized spacial score (nSPS) is 13.4. The molecule has 0 aliphatic carbocycles. The first-order valence-corrected chi connectivity index (χ1v) is 9.35. The fourth-order valence-electron chi connectivity index (χ4n) is 2.88. The van der Waals surface area contributed by atoms with Crippen LogP contribution < -0.4 is 0 Å². The van der Waals surface area contributed by atoms with E-state index in [1.807, 2.05) is 18.2 Å².